The molecule has 0 aliphatic carbocycles. The predicted octanol–water partition coefficient (Wildman–Crippen LogP) is 4.04. The number of sulfone groups is 1. The lowest BCUT2D eigenvalue weighted by Gasteiger charge is -2.24. The fraction of sp³-hybridized carbons (Fsp3) is 0.278. The smallest absolute Gasteiger partial charge is 0.241 e. The van der Waals surface area contributed by atoms with E-state index in [0.29, 0.717) is 5.02 Å². The third-order valence-electron chi connectivity index (χ3n) is 4.06. The molecule has 2 aromatic carbocycles. The van der Waals surface area contributed by atoms with E-state index in [1.165, 1.54) is 50.2 Å². The Hall–Kier alpha value is -1.63. The fourth-order valence-electron chi connectivity index (χ4n) is 2.32. The van der Waals surface area contributed by atoms with Gasteiger partial charge in [0.15, 0.2) is 9.84 Å². The van der Waals surface area contributed by atoms with E-state index >= 15 is 0 Å². The van der Waals surface area contributed by atoms with E-state index in [4.69, 9.17) is 23.2 Å². The van der Waals surface area contributed by atoms with Gasteiger partial charge in [-0.2, -0.15) is 0 Å². The lowest BCUT2D eigenvalue weighted by molar-refractivity contribution is -0.122. The summed E-state index contributed by atoms with van der Waals surface area (Å²) >= 11 is 11.7. The number of hydrogen-bond acceptors (Lipinski definition) is 3. The highest BCUT2D eigenvalue weighted by Gasteiger charge is 2.42. The van der Waals surface area contributed by atoms with E-state index < -0.39 is 26.3 Å². The molecule has 0 saturated carbocycles. The molecule has 26 heavy (non-hydrogen) atoms. The van der Waals surface area contributed by atoms with Crippen molar-refractivity contribution < 1.29 is 17.6 Å². The summed E-state index contributed by atoms with van der Waals surface area (Å²) in [5.41, 5.74) is 0.271. The number of halogens is 3. The first-order chi connectivity index (χ1) is 12.1. The number of hydrogen-bond donors (Lipinski definition) is 1. The third-order valence-corrected chi connectivity index (χ3v) is 7.09. The van der Waals surface area contributed by atoms with Crippen LogP contribution in [0.15, 0.2) is 47.4 Å². The van der Waals surface area contributed by atoms with Crippen LogP contribution in [0.3, 0.4) is 0 Å². The van der Waals surface area contributed by atoms with Gasteiger partial charge in [0.25, 0.3) is 0 Å². The van der Waals surface area contributed by atoms with Gasteiger partial charge >= 0.3 is 0 Å². The van der Waals surface area contributed by atoms with Crippen LogP contribution in [-0.2, 0) is 21.1 Å². The zero-order valence-electron chi connectivity index (χ0n) is 14.2. The summed E-state index contributed by atoms with van der Waals surface area (Å²) in [4.78, 5) is 12.5. The largest absolute Gasteiger partial charge is 0.354 e. The molecule has 0 aromatic heterocycles. The highest BCUT2D eigenvalue weighted by molar-refractivity contribution is 7.93. The standard InChI is InChI=1S/C18H18Cl2FNO3S/c1-18(2,26(24,25)13-8-6-12(19)7-9-13)17(23)22-11-10-14-15(20)4-3-5-16(14)21/h3-9H,10-11H2,1-2H3,(H,22,23). The number of rotatable bonds is 6. The lowest BCUT2D eigenvalue weighted by atomic mass is 10.1. The Kier molecular flexibility index (Phi) is 6.32. The van der Waals surface area contributed by atoms with Crippen molar-refractivity contribution in [3.63, 3.8) is 0 Å². The summed E-state index contributed by atoms with van der Waals surface area (Å²) in [6.07, 6.45) is 0.147. The van der Waals surface area contributed by atoms with E-state index in [1.54, 1.807) is 6.07 Å². The van der Waals surface area contributed by atoms with E-state index in [2.05, 4.69) is 5.32 Å². The minimum absolute atomic E-state index is 0.000742. The van der Waals surface area contributed by atoms with Gasteiger partial charge in [-0.15, -0.1) is 0 Å². The van der Waals surface area contributed by atoms with Crippen LogP contribution < -0.4 is 5.32 Å². The Morgan fingerprint density at radius 2 is 1.73 bits per heavy atom. The Bertz CT molecular complexity index is 892. The monoisotopic (exact) mass is 417 g/mol. The SMILES string of the molecule is CC(C)(C(=O)NCCc1c(F)cccc1Cl)S(=O)(=O)c1ccc(Cl)cc1. The zero-order chi connectivity index (χ0) is 19.5. The molecule has 0 heterocycles. The molecule has 2 aromatic rings. The highest BCUT2D eigenvalue weighted by Crippen LogP contribution is 2.27. The van der Waals surface area contributed by atoms with Crippen molar-refractivity contribution in [1.82, 2.24) is 5.32 Å². The van der Waals surface area contributed by atoms with Crippen LogP contribution in [0.1, 0.15) is 19.4 Å². The molecule has 0 atom stereocenters. The van der Waals surface area contributed by atoms with Crippen molar-refractivity contribution >= 4 is 38.9 Å². The molecule has 8 heteroatoms. The Morgan fingerprint density at radius 3 is 2.31 bits per heavy atom. The molecule has 0 aliphatic rings. The summed E-state index contributed by atoms with van der Waals surface area (Å²) in [6, 6.07) is 9.92. The maximum absolute atomic E-state index is 13.7. The van der Waals surface area contributed by atoms with Crippen LogP contribution >= 0.6 is 23.2 Å². The molecular weight excluding hydrogens is 400 g/mol. The number of amides is 1. The van der Waals surface area contributed by atoms with Crippen LogP contribution in [0.4, 0.5) is 4.39 Å². The van der Waals surface area contributed by atoms with Crippen LogP contribution in [0.25, 0.3) is 0 Å². The predicted molar refractivity (Wildman–Crippen MR) is 101 cm³/mol. The molecule has 2 rings (SSSR count). The van der Waals surface area contributed by atoms with Gasteiger partial charge in [0.2, 0.25) is 5.91 Å². The second-order valence-corrected chi connectivity index (χ2v) is 9.52. The topological polar surface area (TPSA) is 63.2 Å². The summed E-state index contributed by atoms with van der Waals surface area (Å²) in [6.45, 7) is 2.70. The molecule has 0 bridgehead atoms. The zero-order valence-corrected chi connectivity index (χ0v) is 16.6. The second-order valence-electron chi connectivity index (χ2n) is 6.17. The van der Waals surface area contributed by atoms with Crippen molar-refractivity contribution in [2.45, 2.75) is 29.9 Å². The van der Waals surface area contributed by atoms with Crippen LogP contribution in [0.5, 0.6) is 0 Å². The number of carbonyl (C=O) groups is 1. The van der Waals surface area contributed by atoms with Crippen molar-refractivity contribution in [3.8, 4) is 0 Å². The molecule has 0 radical (unpaired) electrons. The summed E-state index contributed by atoms with van der Waals surface area (Å²) < 4.78 is 37.6. The average molecular weight is 418 g/mol. The molecule has 0 saturated heterocycles. The normalized spacial score (nSPS) is 12.0. The van der Waals surface area contributed by atoms with Gasteiger partial charge in [0.1, 0.15) is 10.6 Å². The fourth-order valence-corrected chi connectivity index (χ4v) is 4.10. The Morgan fingerprint density at radius 1 is 1.12 bits per heavy atom. The van der Waals surface area contributed by atoms with Crippen molar-refractivity contribution in [1.29, 1.82) is 0 Å². The molecule has 1 amide bonds. The number of nitrogens with one attached hydrogen (secondary N) is 1. The van der Waals surface area contributed by atoms with Crippen molar-refractivity contribution in [3.05, 3.63) is 63.9 Å². The average Bonchev–Trinajstić information content (AvgIpc) is 2.57. The molecule has 4 nitrogen and oxygen atoms in total. The Labute approximate surface area is 162 Å². The van der Waals surface area contributed by atoms with Gasteiger partial charge in [-0.25, -0.2) is 12.8 Å². The molecule has 1 N–H and O–H groups in total. The van der Waals surface area contributed by atoms with Crippen LogP contribution in [-0.4, -0.2) is 25.6 Å². The third kappa shape index (κ3) is 4.19. The minimum Gasteiger partial charge on any atom is -0.354 e. The highest BCUT2D eigenvalue weighted by atomic mass is 35.5. The van der Waals surface area contributed by atoms with E-state index in [0.717, 1.165) is 0 Å². The van der Waals surface area contributed by atoms with Crippen LogP contribution in [0, 0.1) is 5.82 Å². The van der Waals surface area contributed by atoms with Crippen LogP contribution in [0.2, 0.25) is 10.0 Å². The molecule has 0 fully saturated rings. The maximum atomic E-state index is 13.7. The van der Waals surface area contributed by atoms with Gasteiger partial charge in [0, 0.05) is 22.2 Å². The van der Waals surface area contributed by atoms with Gasteiger partial charge in [0.05, 0.1) is 4.90 Å². The quantitative estimate of drug-likeness (QED) is 0.770. The van der Waals surface area contributed by atoms with E-state index in [9.17, 15) is 17.6 Å². The first-order valence-corrected chi connectivity index (χ1v) is 10.0. The number of benzene rings is 2. The van der Waals surface area contributed by atoms with E-state index in [1.807, 2.05) is 0 Å². The molecule has 0 aliphatic heterocycles. The summed E-state index contributed by atoms with van der Waals surface area (Å²) in [7, 11) is -3.94. The van der Waals surface area contributed by atoms with Gasteiger partial charge in [-0.05, 0) is 56.7 Å². The minimum atomic E-state index is -3.94. The molecule has 0 unspecified atom stereocenters. The molecular formula is C18H18Cl2FNO3S. The maximum Gasteiger partial charge on any atom is 0.241 e. The first-order valence-electron chi connectivity index (χ1n) is 7.79. The van der Waals surface area contributed by atoms with Gasteiger partial charge < -0.3 is 5.32 Å². The molecule has 140 valence electrons. The van der Waals surface area contributed by atoms with Crippen molar-refractivity contribution in [2.75, 3.05) is 6.54 Å². The number of carbonyl (C=O) groups excluding carboxylic acids is 1. The first kappa shape index (κ1) is 20.7. The van der Waals surface area contributed by atoms with Gasteiger partial charge in [-0.3, -0.25) is 4.79 Å². The summed E-state index contributed by atoms with van der Waals surface area (Å²) in [5, 5.41) is 3.20. The van der Waals surface area contributed by atoms with E-state index in [-0.39, 0.29) is 28.4 Å². The van der Waals surface area contributed by atoms with Gasteiger partial charge in [-0.1, -0.05) is 29.3 Å². The lowest BCUT2D eigenvalue weighted by Crippen LogP contribution is -2.48. The van der Waals surface area contributed by atoms with Crippen molar-refractivity contribution in [2.24, 2.45) is 0 Å². The second kappa shape index (κ2) is 7.94. The Balaban J connectivity index is 2.11. The molecule has 0 spiro atoms. The summed E-state index contributed by atoms with van der Waals surface area (Å²) in [5.74, 6) is -1.15.